The van der Waals surface area contributed by atoms with E-state index in [1.165, 1.54) is 6.33 Å². The Morgan fingerprint density at radius 2 is 2.27 bits per heavy atom. The number of rotatable bonds is 3. The first-order valence-corrected chi connectivity index (χ1v) is 7.68. The van der Waals surface area contributed by atoms with Crippen LogP contribution in [0.3, 0.4) is 0 Å². The predicted molar refractivity (Wildman–Crippen MR) is 83.7 cm³/mol. The van der Waals surface area contributed by atoms with Gasteiger partial charge in [0.15, 0.2) is 0 Å². The lowest BCUT2D eigenvalue weighted by Gasteiger charge is -2.38. The molecule has 22 heavy (non-hydrogen) atoms. The Hall–Kier alpha value is -2.21. The monoisotopic (exact) mass is 299 g/mol. The highest BCUT2D eigenvalue weighted by Gasteiger charge is 2.29. The molecule has 1 amide bonds. The quantitative estimate of drug-likeness (QED) is 0.934. The smallest absolute Gasteiger partial charge is 0.254 e. The summed E-state index contributed by atoms with van der Waals surface area (Å²) in [5.41, 5.74) is 7.56. The van der Waals surface area contributed by atoms with Gasteiger partial charge < -0.3 is 10.6 Å². The van der Waals surface area contributed by atoms with Crippen LogP contribution in [0.1, 0.15) is 36.5 Å². The zero-order chi connectivity index (χ0) is 15.5. The van der Waals surface area contributed by atoms with Gasteiger partial charge in [0.1, 0.15) is 12.7 Å². The zero-order valence-electron chi connectivity index (χ0n) is 12.7. The average Bonchev–Trinajstić information content (AvgIpc) is 3.09. The van der Waals surface area contributed by atoms with Crippen LogP contribution in [0.2, 0.25) is 0 Å². The van der Waals surface area contributed by atoms with E-state index in [4.69, 9.17) is 5.73 Å². The second-order valence-corrected chi connectivity index (χ2v) is 5.81. The molecule has 0 unspecified atom stereocenters. The van der Waals surface area contributed by atoms with Gasteiger partial charge in [-0.1, -0.05) is 6.07 Å². The summed E-state index contributed by atoms with van der Waals surface area (Å²) in [5, 5.41) is 4.10. The van der Waals surface area contributed by atoms with E-state index >= 15 is 0 Å². The van der Waals surface area contributed by atoms with Crippen LogP contribution in [0.5, 0.6) is 0 Å². The van der Waals surface area contributed by atoms with Gasteiger partial charge in [-0.3, -0.25) is 4.79 Å². The van der Waals surface area contributed by atoms with E-state index < -0.39 is 0 Å². The summed E-state index contributed by atoms with van der Waals surface area (Å²) in [5.74, 6) is 0.0453. The van der Waals surface area contributed by atoms with Crippen molar-refractivity contribution < 1.29 is 4.79 Å². The van der Waals surface area contributed by atoms with Crippen molar-refractivity contribution in [2.24, 2.45) is 5.73 Å². The molecule has 1 aliphatic rings. The molecule has 0 saturated carbocycles. The van der Waals surface area contributed by atoms with E-state index in [0.29, 0.717) is 5.56 Å². The van der Waals surface area contributed by atoms with Crippen LogP contribution in [0.25, 0.3) is 5.69 Å². The first-order valence-electron chi connectivity index (χ1n) is 7.68. The van der Waals surface area contributed by atoms with E-state index in [9.17, 15) is 4.79 Å². The second kappa shape index (κ2) is 6.27. The van der Waals surface area contributed by atoms with Crippen LogP contribution < -0.4 is 5.73 Å². The van der Waals surface area contributed by atoms with Gasteiger partial charge in [0.25, 0.3) is 5.91 Å². The highest BCUT2D eigenvalue weighted by molar-refractivity contribution is 5.95. The van der Waals surface area contributed by atoms with Crippen LogP contribution in [-0.4, -0.2) is 44.2 Å². The molecule has 2 heterocycles. The molecule has 6 heteroatoms. The Labute approximate surface area is 129 Å². The number of carbonyl (C=O) groups is 1. The number of hydrogen-bond donors (Lipinski definition) is 1. The number of hydrogen-bond acceptors (Lipinski definition) is 4. The molecule has 116 valence electrons. The minimum Gasteiger partial charge on any atom is -0.334 e. The molecule has 0 spiro atoms. The normalized spacial score (nSPS) is 19.9. The second-order valence-electron chi connectivity index (χ2n) is 5.81. The number of benzene rings is 1. The molecular formula is C16H21N5O. The molecule has 2 atom stereocenters. The summed E-state index contributed by atoms with van der Waals surface area (Å²) in [4.78, 5) is 18.7. The zero-order valence-corrected chi connectivity index (χ0v) is 12.7. The van der Waals surface area contributed by atoms with Gasteiger partial charge in [-0.25, -0.2) is 9.67 Å². The standard InChI is InChI=1S/C16H21N5O/c1-12(17)15-7-2-3-8-20(15)16(22)13-5-4-6-14(9-13)21-11-18-10-19-21/h4-6,9-12,15H,2-3,7-8,17H2,1H3/t12-,15-/m1/s1. The molecule has 0 radical (unpaired) electrons. The molecule has 0 bridgehead atoms. The molecular weight excluding hydrogens is 278 g/mol. The van der Waals surface area contributed by atoms with Gasteiger partial charge in [0.2, 0.25) is 0 Å². The van der Waals surface area contributed by atoms with Crippen molar-refractivity contribution in [3.63, 3.8) is 0 Å². The maximum absolute atomic E-state index is 12.9. The van der Waals surface area contributed by atoms with Crippen molar-refractivity contribution in [2.45, 2.75) is 38.3 Å². The van der Waals surface area contributed by atoms with Crippen LogP contribution in [0, 0.1) is 0 Å². The molecule has 1 fully saturated rings. The minimum atomic E-state index is -0.0113. The molecule has 1 aromatic heterocycles. The Kier molecular flexibility index (Phi) is 4.20. The van der Waals surface area contributed by atoms with E-state index in [1.807, 2.05) is 36.1 Å². The average molecular weight is 299 g/mol. The number of nitrogens with zero attached hydrogens (tertiary/aromatic N) is 4. The molecule has 0 aliphatic carbocycles. The Bertz CT molecular complexity index is 638. The summed E-state index contributed by atoms with van der Waals surface area (Å²) in [6, 6.07) is 7.58. The van der Waals surface area contributed by atoms with E-state index in [0.717, 1.165) is 31.5 Å². The van der Waals surface area contributed by atoms with E-state index in [1.54, 1.807) is 11.0 Å². The number of aromatic nitrogens is 3. The highest BCUT2D eigenvalue weighted by atomic mass is 16.2. The SMILES string of the molecule is C[C@@H](N)[C@H]1CCCCN1C(=O)c1cccc(-n2cncn2)c1. The molecule has 2 aromatic rings. The van der Waals surface area contributed by atoms with Crippen LogP contribution in [0.4, 0.5) is 0 Å². The first-order chi connectivity index (χ1) is 10.7. The third kappa shape index (κ3) is 2.87. The summed E-state index contributed by atoms with van der Waals surface area (Å²) < 4.78 is 1.65. The summed E-state index contributed by atoms with van der Waals surface area (Å²) >= 11 is 0. The van der Waals surface area contributed by atoms with Gasteiger partial charge in [-0.2, -0.15) is 5.10 Å². The fourth-order valence-corrected chi connectivity index (χ4v) is 3.04. The van der Waals surface area contributed by atoms with Crippen molar-refractivity contribution >= 4 is 5.91 Å². The number of amides is 1. The lowest BCUT2D eigenvalue weighted by Crippen LogP contribution is -2.51. The third-order valence-corrected chi connectivity index (χ3v) is 4.19. The van der Waals surface area contributed by atoms with E-state index in [-0.39, 0.29) is 18.0 Å². The fourth-order valence-electron chi connectivity index (χ4n) is 3.04. The Morgan fingerprint density at radius 3 is 3.00 bits per heavy atom. The van der Waals surface area contributed by atoms with Crippen molar-refractivity contribution in [3.8, 4) is 5.69 Å². The Balaban J connectivity index is 1.86. The molecule has 3 rings (SSSR count). The first kappa shape index (κ1) is 14.7. The van der Waals surface area contributed by atoms with E-state index in [2.05, 4.69) is 10.1 Å². The molecule has 6 nitrogen and oxygen atoms in total. The van der Waals surface area contributed by atoms with Gasteiger partial charge >= 0.3 is 0 Å². The largest absolute Gasteiger partial charge is 0.334 e. The van der Waals surface area contributed by atoms with Crippen molar-refractivity contribution in [3.05, 3.63) is 42.5 Å². The van der Waals surface area contributed by atoms with Gasteiger partial charge in [-0.05, 0) is 44.4 Å². The third-order valence-electron chi connectivity index (χ3n) is 4.19. The van der Waals surface area contributed by atoms with Gasteiger partial charge in [0.05, 0.1) is 5.69 Å². The number of piperidine rings is 1. The number of nitrogens with two attached hydrogens (primary N) is 1. The lowest BCUT2D eigenvalue weighted by atomic mass is 9.96. The van der Waals surface area contributed by atoms with Crippen LogP contribution in [-0.2, 0) is 0 Å². The summed E-state index contributed by atoms with van der Waals surface area (Å²) in [7, 11) is 0. The molecule has 1 saturated heterocycles. The van der Waals surface area contributed by atoms with Crippen molar-refractivity contribution in [1.82, 2.24) is 19.7 Å². The summed E-state index contributed by atoms with van der Waals surface area (Å²) in [6.45, 7) is 2.75. The number of likely N-dealkylation sites (tertiary alicyclic amines) is 1. The molecule has 1 aliphatic heterocycles. The highest BCUT2D eigenvalue weighted by Crippen LogP contribution is 2.22. The fraction of sp³-hybridized carbons (Fsp3) is 0.438. The lowest BCUT2D eigenvalue weighted by molar-refractivity contribution is 0.0584. The van der Waals surface area contributed by atoms with Crippen molar-refractivity contribution in [2.75, 3.05) is 6.54 Å². The Morgan fingerprint density at radius 1 is 1.41 bits per heavy atom. The summed E-state index contributed by atoms with van der Waals surface area (Å²) in [6.07, 6.45) is 6.25. The molecule has 1 aromatic carbocycles. The predicted octanol–water partition coefficient (Wildman–Crippen LogP) is 1.61. The maximum atomic E-state index is 12.9. The van der Waals surface area contributed by atoms with Crippen molar-refractivity contribution in [1.29, 1.82) is 0 Å². The molecule has 2 N–H and O–H groups in total. The number of carbonyl (C=O) groups excluding carboxylic acids is 1. The minimum absolute atomic E-state index is 0.0113. The van der Waals surface area contributed by atoms with Gasteiger partial charge in [0, 0.05) is 24.2 Å². The van der Waals surface area contributed by atoms with Crippen LogP contribution >= 0.6 is 0 Å². The topological polar surface area (TPSA) is 77.0 Å². The van der Waals surface area contributed by atoms with Gasteiger partial charge in [-0.15, -0.1) is 0 Å². The maximum Gasteiger partial charge on any atom is 0.254 e. The van der Waals surface area contributed by atoms with Crippen LogP contribution in [0.15, 0.2) is 36.9 Å².